The van der Waals surface area contributed by atoms with Crippen molar-refractivity contribution in [1.29, 1.82) is 5.26 Å². The van der Waals surface area contributed by atoms with Crippen molar-refractivity contribution in [3.8, 4) is 11.8 Å². The fraction of sp³-hybridized carbons (Fsp3) is 0.364. The maximum atomic E-state index is 9.78. The standard InChI is InChI=1S/C11H12BrNO3/c12-4-3-10(15)11(16)8-5-7(6-13)1-2-9(8)14/h1-2,5,10-11,14-16H,3-4H2. The smallest absolute Gasteiger partial charge is 0.121 e. The molecule has 0 spiro atoms. The number of alkyl halides is 1. The number of rotatable bonds is 4. The summed E-state index contributed by atoms with van der Waals surface area (Å²) in [7, 11) is 0. The van der Waals surface area contributed by atoms with E-state index >= 15 is 0 Å². The number of aliphatic hydroxyl groups is 2. The highest BCUT2D eigenvalue weighted by Crippen LogP contribution is 2.28. The first-order chi connectivity index (χ1) is 7.60. The summed E-state index contributed by atoms with van der Waals surface area (Å²) in [6, 6.07) is 6.06. The van der Waals surface area contributed by atoms with Crippen LogP contribution >= 0.6 is 15.9 Å². The Kier molecular flexibility index (Phi) is 4.74. The zero-order valence-electron chi connectivity index (χ0n) is 8.47. The van der Waals surface area contributed by atoms with E-state index in [2.05, 4.69) is 15.9 Å². The van der Waals surface area contributed by atoms with Crippen LogP contribution in [0.4, 0.5) is 0 Å². The second kappa shape index (κ2) is 5.85. The van der Waals surface area contributed by atoms with E-state index in [4.69, 9.17) is 5.26 Å². The van der Waals surface area contributed by atoms with Gasteiger partial charge in [0.05, 0.1) is 17.7 Å². The largest absolute Gasteiger partial charge is 0.508 e. The molecule has 0 radical (unpaired) electrons. The average molecular weight is 286 g/mol. The molecule has 5 heteroatoms. The second-order valence-corrected chi connectivity index (χ2v) is 4.17. The first kappa shape index (κ1) is 13.0. The topological polar surface area (TPSA) is 84.5 Å². The molecule has 16 heavy (non-hydrogen) atoms. The van der Waals surface area contributed by atoms with E-state index in [1.54, 1.807) is 0 Å². The molecule has 1 aromatic carbocycles. The van der Waals surface area contributed by atoms with Gasteiger partial charge in [0.25, 0.3) is 0 Å². The van der Waals surface area contributed by atoms with Crippen LogP contribution in [0.2, 0.25) is 0 Å². The lowest BCUT2D eigenvalue weighted by molar-refractivity contribution is 0.0160. The Morgan fingerprint density at radius 3 is 2.62 bits per heavy atom. The first-order valence-electron chi connectivity index (χ1n) is 4.75. The molecule has 2 atom stereocenters. The van der Waals surface area contributed by atoms with E-state index in [1.807, 2.05) is 6.07 Å². The van der Waals surface area contributed by atoms with Crippen LogP contribution in [0.15, 0.2) is 18.2 Å². The van der Waals surface area contributed by atoms with Gasteiger partial charge < -0.3 is 15.3 Å². The second-order valence-electron chi connectivity index (χ2n) is 3.38. The molecule has 0 saturated heterocycles. The van der Waals surface area contributed by atoms with E-state index in [0.717, 1.165) is 0 Å². The number of hydrogen-bond donors (Lipinski definition) is 3. The molecule has 0 saturated carbocycles. The van der Waals surface area contributed by atoms with Crippen molar-refractivity contribution >= 4 is 15.9 Å². The predicted octanol–water partition coefficient (Wildman–Crippen LogP) is 1.44. The van der Waals surface area contributed by atoms with Gasteiger partial charge in [0.1, 0.15) is 11.9 Å². The minimum atomic E-state index is -1.19. The highest BCUT2D eigenvalue weighted by atomic mass is 79.9. The summed E-state index contributed by atoms with van der Waals surface area (Å²) in [5.74, 6) is -0.125. The Bertz CT molecular complexity index is 403. The number of nitrogens with zero attached hydrogens (tertiary/aromatic N) is 1. The van der Waals surface area contributed by atoms with E-state index in [9.17, 15) is 15.3 Å². The molecule has 1 aromatic rings. The van der Waals surface area contributed by atoms with Gasteiger partial charge in [-0.3, -0.25) is 0 Å². The third-order valence-corrected chi connectivity index (χ3v) is 2.70. The fourth-order valence-corrected chi connectivity index (χ4v) is 1.81. The van der Waals surface area contributed by atoms with Crippen molar-refractivity contribution in [3.63, 3.8) is 0 Å². The van der Waals surface area contributed by atoms with E-state index in [1.165, 1.54) is 18.2 Å². The number of aromatic hydroxyl groups is 1. The molecule has 0 aliphatic heterocycles. The van der Waals surface area contributed by atoms with Gasteiger partial charge >= 0.3 is 0 Å². The van der Waals surface area contributed by atoms with Crippen molar-refractivity contribution in [1.82, 2.24) is 0 Å². The number of nitriles is 1. The third kappa shape index (κ3) is 2.95. The van der Waals surface area contributed by atoms with Gasteiger partial charge in [-0.05, 0) is 24.6 Å². The molecule has 2 unspecified atom stereocenters. The molecule has 86 valence electrons. The summed E-state index contributed by atoms with van der Waals surface area (Å²) in [5, 5.41) is 38.1. The number of phenolic OH excluding ortho intramolecular Hbond substituents is 1. The van der Waals surface area contributed by atoms with Crippen LogP contribution in [0.25, 0.3) is 0 Å². The van der Waals surface area contributed by atoms with Crippen LogP contribution in [0.5, 0.6) is 5.75 Å². The lowest BCUT2D eigenvalue weighted by Crippen LogP contribution is -2.18. The van der Waals surface area contributed by atoms with Crippen LogP contribution in [0.3, 0.4) is 0 Å². The molecule has 0 heterocycles. The Hall–Kier alpha value is -1.09. The minimum Gasteiger partial charge on any atom is -0.508 e. The molecule has 1 rings (SSSR count). The van der Waals surface area contributed by atoms with Gasteiger partial charge in [-0.1, -0.05) is 15.9 Å². The summed E-state index contributed by atoms with van der Waals surface area (Å²) in [5.41, 5.74) is 0.505. The number of benzene rings is 1. The van der Waals surface area contributed by atoms with Crippen LogP contribution in [-0.4, -0.2) is 26.8 Å². The van der Waals surface area contributed by atoms with Crippen LogP contribution in [0.1, 0.15) is 23.7 Å². The summed E-state index contributed by atoms with van der Waals surface area (Å²) in [6.07, 6.45) is -1.80. The van der Waals surface area contributed by atoms with Crippen LogP contribution in [0, 0.1) is 11.3 Å². The van der Waals surface area contributed by atoms with E-state index < -0.39 is 12.2 Å². The van der Waals surface area contributed by atoms with Gasteiger partial charge in [-0.15, -0.1) is 0 Å². The molecule has 0 aliphatic rings. The van der Waals surface area contributed by atoms with Crippen LogP contribution in [-0.2, 0) is 0 Å². The van der Waals surface area contributed by atoms with Gasteiger partial charge in [0.2, 0.25) is 0 Å². The molecule has 0 bridgehead atoms. The van der Waals surface area contributed by atoms with E-state index in [0.29, 0.717) is 17.3 Å². The van der Waals surface area contributed by atoms with Crippen molar-refractivity contribution < 1.29 is 15.3 Å². The molecule has 4 nitrogen and oxygen atoms in total. The SMILES string of the molecule is N#Cc1ccc(O)c(C(O)C(O)CCBr)c1. The highest BCUT2D eigenvalue weighted by molar-refractivity contribution is 9.09. The summed E-state index contributed by atoms with van der Waals surface area (Å²) in [4.78, 5) is 0. The maximum absolute atomic E-state index is 9.78. The van der Waals surface area contributed by atoms with Crippen molar-refractivity contribution in [2.75, 3.05) is 5.33 Å². The molecule has 0 aliphatic carbocycles. The molecule has 3 N–H and O–H groups in total. The lowest BCUT2D eigenvalue weighted by Gasteiger charge is -2.18. The lowest BCUT2D eigenvalue weighted by atomic mass is 10.00. The Balaban J connectivity index is 2.98. The van der Waals surface area contributed by atoms with Crippen molar-refractivity contribution in [2.45, 2.75) is 18.6 Å². The summed E-state index contributed by atoms with van der Waals surface area (Å²) in [6.45, 7) is 0. The van der Waals surface area contributed by atoms with E-state index in [-0.39, 0.29) is 11.3 Å². The molecule has 0 amide bonds. The average Bonchev–Trinajstić information content (AvgIpc) is 2.29. The zero-order valence-corrected chi connectivity index (χ0v) is 10.1. The van der Waals surface area contributed by atoms with Gasteiger partial charge in [-0.2, -0.15) is 5.26 Å². The molecular formula is C11H12BrNO3. The van der Waals surface area contributed by atoms with Crippen LogP contribution < -0.4 is 0 Å². The van der Waals surface area contributed by atoms with Gasteiger partial charge in [-0.25, -0.2) is 0 Å². The maximum Gasteiger partial charge on any atom is 0.121 e. The predicted molar refractivity (Wildman–Crippen MR) is 62.2 cm³/mol. The summed E-state index contributed by atoms with van der Waals surface area (Å²) >= 11 is 3.15. The Morgan fingerprint density at radius 2 is 2.06 bits per heavy atom. The quantitative estimate of drug-likeness (QED) is 0.731. The van der Waals surface area contributed by atoms with Crippen molar-refractivity contribution in [2.24, 2.45) is 0 Å². The number of hydrogen-bond acceptors (Lipinski definition) is 4. The highest BCUT2D eigenvalue weighted by Gasteiger charge is 2.21. The minimum absolute atomic E-state index is 0.125. The zero-order chi connectivity index (χ0) is 12.1. The summed E-state index contributed by atoms with van der Waals surface area (Å²) < 4.78 is 0. The van der Waals surface area contributed by atoms with Gasteiger partial charge in [0, 0.05) is 10.9 Å². The molecular weight excluding hydrogens is 274 g/mol. The Morgan fingerprint density at radius 1 is 1.38 bits per heavy atom. The number of aliphatic hydroxyl groups excluding tert-OH is 2. The first-order valence-corrected chi connectivity index (χ1v) is 5.87. The molecule has 0 fully saturated rings. The third-order valence-electron chi connectivity index (χ3n) is 2.24. The fourth-order valence-electron chi connectivity index (χ4n) is 1.34. The number of halogens is 1. The molecule has 0 aromatic heterocycles. The van der Waals surface area contributed by atoms with Crippen molar-refractivity contribution in [3.05, 3.63) is 29.3 Å². The monoisotopic (exact) mass is 285 g/mol. The Labute approximate surface area is 102 Å². The normalized spacial score (nSPS) is 14.1. The van der Waals surface area contributed by atoms with Gasteiger partial charge in [0.15, 0.2) is 0 Å². The number of phenols is 1.